The molecule has 0 radical (unpaired) electrons. The summed E-state index contributed by atoms with van der Waals surface area (Å²) in [6.45, 7) is 1.68. The van der Waals surface area contributed by atoms with E-state index in [-0.39, 0.29) is 5.91 Å². The topological polar surface area (TPSA) is 49.0 Å². The van der Waals surface area contributed by atoms with Crippen molar-refractivity contribution >= 4 is 16.8 Å². The van der Waals surface area contributed by atoms with Crippen LogP contribution in [0.2, 0.25) is 0 Å². The second-order valence-electron chi connectivity index (χ2n) is 7.49. The molecule has 0 saturated carbocycles. The molecule has 146 valence electrons. The Morgan fingerprint density at radius 3 is 2.50 bits per heavy atom. The predicted molar refractivity (Wildman–Crippen MR) is 119 cm³/mol. The number of hydrogen-bond acceptors (Lipinski definition) is 2. The zero-order chi connectivity index (χ0) is 20.3. The Hall–Kier alpha value is -3.84. The molecule has 4 aromatic rings. The van der Waals surface area contributed by atoms with E-state index in [9.17, 15) is 4.79 Å². The van der Waals surface area contributed by atoms with Crippen LogP contribution in [0.25, 0.3) is 22.0 Å². The molecule has 4 heteroatoms. The van der Waals surface area contributed by atoms with Crippen molar-refractivity contribution < 1.29 is 4.79 Å². The molecule has 2 heterocycles. The summed E-state index contributed by atoms with van der Waals surface area (Å²) in [5, 5.41) is 8.30. The summed E-state index contributed by atoms with van der Waals surface area (Å²) in [4.78, 5) is 14.7. The average molecular weight is 391 g/mol. The van der Waals surface area contributed by atoms with Crippen molar-refractivity contribution in [3.63, 3.8) is 0 Å². The normalized spacial score (nSPS) is 13.3. The molecule has 1 aromatic heterocycles. The number of carbonyl (C=O) groups is 1. The molecule has 3 aromatic carbocycles. The lowest BCUT2D eigenvalue weighted by Gasteiger charge is -2.15. The fourth-order valence-corrected chi connectivity index (χ4v) is 3.93. The van der Waals surface area contributed by atoms with Crippen LogP contribution in [0.4, 0.5) is 0 Å². The van der Waals surface area contributed by atoms with Crippen molar-refractivity contribution in [2.45, 2.75) is 12.8 Å². The highest BCUT2D eigenvalue weighted by molar-refractivity contribution is 5.99. The van der Waals surface area contributed by atoms with Gasteiger partial charge >= 0.3 is 0 Å². The van der Waals surface area contributed by atoms with E-state index in [0.29, 0.717) is 11.3 Å². The molecule has 0 aliphatic carbocycles. The van der Waals surface area contributed by atoms with Crippen LogP contribution >= 0.6 is 0 Å². The number of aromatic nitrogens is 2. The van der Waals surface area contributed by atoms with Gasteiger partial charge in [-0.15, -0.1) is 0 Å². The molecule has 0 bridgehead atoms. The van der Waals surface area contributed by atoms with Crippen LogP contribution in [0.1, 0.15) is 34.5 Å². The summed E-state index contributed by atoms with van der Waals surface area (Å²) >= 11 is 0. The number of hydrogen-bond donors (Lipinski definition) is 1. The van der Waals surface area contributed by atoms with E-state index in [1.807, 2.05) is 59.5 Å². The molecule has 1 aliphatic rings. The first kappa shape index (κ1) is 18.2. The number of fused-ring (bicyclic) bond motifs is 1. The number of rotatable bonds is 2. The molecule has 0 spiro atoms. The van der Waals surface area contributed by atoms with Gasteiger partial charge in [0.15, 0.2) is 0 Å². The summed E-state index contributed by atoms with van der Waals surface area (Å²) < 4.78 is 0. The van der Waals surface area contributed by atoms with Crippen molar-refractivity contribution in [3.05, 3.63) is 89.6 Å². The number of amides is 1. The van der Waals surface area contributed by atoms with E-state index in [2.05, 4.69) is 40.2 Å². The number of H-pyrrole nitrogens is 1. The highest BCUT2D eigenvalue weighted by atomic mass is 16.2. The Labute approximate surface area is 175 Å². The minimum absolute atomic E-state index is 0.0870. The van der Waals surface area contributed by atoms with Gasteiger partial charge in [-0.05, 0) is 54.2 Å². The Morgan fingerprint density at radius 2 is 1.67 bits per heavy atom. The zero-order valence-electron chi connectivity index (χ0n) is 16.6. The summed E-state index contributed by atoms with van der Waals surface area (Å²) in [7, 11) is 0. The van der Waals surface area contributed by atoms with Crippen molar-refractivity contribution in [2.24, 2.45) is 0 Å². The Morgan fingerprint density at radius 1 is 0.900 bits per heavy atom. The third-order valence-electron chi connectivity index (χ3n) is 5.53. The molecule has 0 atom stereocenters. The number of aromatic amines is 1. The van der Waals surface area contributed by atoms with Crippen molar-refractivity contribution in [2.75, 3.05) is 13.1 Å². The maximum Gasteiger partial charge on any atom is 0.253 e. The second-order valence-corrected chi connectivity index (χ2v) is 7.49. The van der Waals surface area contributed by atoms with E-state index in [1.165, 1.54) is 0 Å². The van der Waals surface area contributed by atoms with Crippen LogP contribution in [0.3, 0.4) is 0 Å². The highest BCUT2D eigenvalue weighted by Crippen LogP contribution is 2.23. The Balaban J connectivity index is 1.51. The number of nitrogens with zero attached hydrogens (tertiary/aromatic N) is 2. The van der Waals surface area contributed by atoms with Gasteiger partial charge in [-0.3, -0.25) is 9.89 Å². The van der Waals surface area contributed by atoms with Gasteiger partial charge in [0.1, 0.15) is 5.69 Å². The van der Waals surface area contributed by atoms with Gasteiger partial charge < -0.3 is 4.90 Å². The van der Waals surface area contributed by atoms with Gasteiger partial charge in [0.05, 0.1) is 5.52 Å². The smallest absolute Gasteiger partial charge is 0.253 e. The summed E-state index contributed by atoms with van der Waals surface area (Å²) in [5.74, 6) is 6.58. The van der Waals surface area contributed by atoms with Crippen molar-refractivity contribution in [3.8, 4) is 23.0 Å². The number of benzene rings is 3. The van der Waals surface area contributed by atoms with Gasteiger partial charge in [-0.2, -0.15) is 5.10 Å². The molecule has 1 aliphatic heterocycles. The average Bonchev–Trinajstić information content (AvgIpc) is 3.48. The van der Waals surface area contributed by atoms with Crippen LogP contribution in [0.15, 0.2) is 72.8 Å². The first-order chi connectivity index (χ1) is 14.8. The molecular formula is C26H21N3O. The summed E-state index contributed by atoms with van der Waals surface area (Å²) in [5.41, 5.74) is 5.41. The fraction of sp³-hybridized carbons (Fsp3) is 0.154. The molecule has 1 saturated heterocycles. The Kier molecular flexibility index (Phi) is 4.78. The first-order valence-corrected chi connectivity index (χ1v) is 10.2. The lowest BCUT2D eigenvalue weighted by Crippen LogP contribution is -2.27. The van der Waals surface area contributed by atoms with Gasteiger partial charge in [0.25, 0.3) is 5.91 Å². The molecule has 4 nitrogen and oxygen atoms in total. The van der Waals surface area contributed by atoms with E-state index in [1.54, 1.807) is 0 Å². The monoisotopic (exact) mass is 391 g/mol. The van der Waals surface area contributed by atoms with Crippen molar-refractivity contribution in [1.82, 2.24) is 15.1 Å². The molecular weight excluding hydrogens is 370 g/mol. The minimum atomic E-state index is 0.0870. The van der Waals surface area contributed by atoms with Crippen LogP contribution < -0.4 is 0 Å². The third-order valence-corrected chi connectivity index (χ3v) is 5.53. The van der Waals surface area contributed by atoms with Crippen LogP contribution in [-0.4, -0.2) is 34.1 Å². The second kappa shape index (κ2) is 7.88. The lowest BCUT2D eigenvalue weighted by molar-refractivity contribution is 0.0793. The van der Waals surface area contributed by atoms with Crippen molar-refractivity contribution in [1.29, 1.82) is 0 Å². The largest absolute Gasteiger partial charge is 0.339 e. The summed E-state index contributed by atoms with van der Waals surface area (Å²) in [6, 6.07) is 24.0. The highest BCUT2D eigenvalue weighted by Gasteiger charge is 2.20. The van der Waals surface area contributed by atoms with Crippen LogP contribution in [0, 0.1) is 11.8 Å². The predicted octanol–water partition coefficient (Wildman–Crippen LogP) is 4.87. The third kappa shape index (κ3) is 3.46. The number of likely N-dealkylation sites (tertiary alicyclic amines) is 1. The van der Waals surface area contributed by atoms with Gasteiger partial charge in [0, 0.05) is 29.6 Å². The SMILES string of the molecule is O=C(c1ccc2[nH]nc(C#Cc3ccccc3-c3ccccc3)c2c1)N1CCCC1. The number of carbonyl (C=O) groups excluding carboxylic acids is 1. The standard InChI is InChI=1S/C26H21N3O/c30-26(29-16-6-7-17-29)21-13-15-25-23(18-21)24(27-28-25)14-12-20-10-4-5-11-22(20)19-8-2-1-3-9-19/h1-5,8-11,13,15,18H,6-7,16-17H2,(H,27,28). The Bertz CT molecular complexity index is 1270. The molecule has 5 rings (SSSR count). The van der Waals surface area contributed by atoms with Gasteiger partial charge in [0.2, 0.25) is 0 Å². The van der Waals surface area contributed by atoms with E-state index < -0.39 is 0 Å². The van der Waals surface area contributed by atoms with E-state index >= 15 is 0 Å². The fourth-order valence-electron chi connectivity index (χ4n) is 3.93. The first-order valence-electron chi connectivity index (χ1n) is 10.2. The maximum atomic E-state index is 12.8. The van der Waals surface area contributed by atoms with E-state index in [0.717, 1.165) is 53.5 Å². The summed E-state index contributed by atoms with van der Waals surface area (Å²) in [6.07, 6.45) is 2.16. The molecule has 1 fully saturated rings. The molecule has 1 amide bonds. The minimum Gasteiger partial charge on any atom is -0.339 e. The maximum absolute atomic E-state index is 12.8. The lowest BCUT2D eigenvalue weighted by atomic mass is 10.00. The van der Waals surface area contributed by atoms with Gasteiger partial charge in [-0.25, -0.2) is 0 Å². The molecule has 30 heavy (non-hydrogen) atoms. The van der Waals surface area contributed by atoms with Crippen LogP contribution in [0.5, 0.6) is 0 Å². The molecule has 0 unspecified atom stereocenters. The van der Waals surface area contributed by atoms with E-state index in [4.69, 9.17) is 0 Å². The number of nitrogens with one attached hydrogen (secondary N) is 1. The zero-order valence-corrected chi connectivity index (χ0v) is 16.6. The molecule has 1 N–H and O–H groups in total. The van der Waals surface area contributed by atoms with Gasteiger partial charge in [-0.1, -0.05) is 54.5 Å². The quantitative estimate of drug-likeness (QED) is 0.496. The van der Waals surface area contributed by atoms with Crippen LogP contribution in [-0.2, 0) is 0 Å².